The molecule has 0 atom stereocenters. The Hall–Kier alpha value is -3.26. The number of rotatable bonds is 5. The zero-order valence-corrected chi connectivity index (χ0v) is 16.5. The number of amides is 2. The Bertz CT molecular complexity index is 1070. The lowest BCUT2D eigenvalue weighted by Crippen LogP contribution is -2.46. The molecular formula is C22H24FN5O2. The van der Waals surface area contributed by atoms with Crippen molar-refractivity contribution < 1.29 is 9.18 Å². The molecule has 0 unspecified atom stereocenters. The van der Waals surface area contributed by atoms with E-state index in [1.54, 1.807) is 6.07 Å². The molecule has 1 aromatic heterocycles. The number of halogens is 1. The minimum atomic E-state index is -0.337. The lowest BCUT2D eigenvalue weighted by molar-refractivity contribution is 0.197. The van der Waals surface area contributed by atoms with E-state index in [9.17, 15) is 14.0 Å². The number of aromatic nitrogens is 2. The van der Waals surface area contributed by atoms with Gasteiger partial charge in [0.25, 0.3) is 5.56 Å². The molecule has 1 saturated heterocycles. The molecule has 0 radical (unpaired) electrons. The zero-order chi connectivity index (χ0) is 20.9. The molecule has 30 heavy (non-hydrogen) atoms. The van der Waals surface area contributed by atoms with Crippen LogP contribution < -0.4 is 16.2 Å². The van der Waals surface area contributed by atoms with Gasteiger partial charge in [-0.1, -0.05) is 12.1 Å². The van der Waals surface area contributed by atoms with Crippen molar-refractivity contribution in [2.75, 3.05) is 25.0 Å². The quantitative estimate of drug-likeness (QED) is 0.604. The molecule has 3 N–H and O–H groups in total. The number of nitrogens with one attached hydrogen (secondary N) is 3. The number of carbonyl (C=O) groups is 1. The Labute approximate surface area is 173 Å². The predicted molar refractivity (Wildman–Crippen MR) is 114 cm³/mol. The highest BCUT2D eigenvalue weighted by molar-refractivity contribution is 5.89. The second-order valence-electron chi connectivity index (χ2n) is 7.50. The SMILES string of the molecule is O=C(Nc1ccc(F)cc1)NC1CCN(CCc2nc3ccccc3c(=O)[nH]2)CC1. The van der Waals surface area contributed by atoms with Crippen molar-refractivity contribution in [2.45, 2.75) is 25.3 Å². The van der Waals surface area contributed by atoms with Gasteiger partial charge >= 0.3 is 6.03 Å². The van der Waals surface area contributed by atoms with Crippen LogP contribution >= 0.6 is 0 Å². The summed E-state index contributed by atoms with van der Waals surface area (Å²) >= 11 is 0. The summed E-state index contributed by atoms with van der Waals surface area (Å²) < 4.78 is 12.9. The molecule has 8 heteroatoms. The first kappa shape index (κ1) is 20.0. The van der Waals surface area contributed by atoms with Gasteiger partial charge in [0.2, 0.25) is 0 Å². The van der Waals surface area contributed by atoms with Crippen LogP contribution in [0.25, 0.3) is 10.9 Å². The third kappa shape index (κ3) is 5.01. The highest BCUT2D eigenvalue weighted by atomic mass is 19.1. The highest BCUT2D eigenvalue weighted by Gasteiger charge is 2.20. The number of H-pyrrole nitrogens is 1. The van der Waals surface area contributed by atoms with Crippen LogP contribution in [0.2, 0.25) is 0 Å². The number of fused-ring (bicyclic) bond motifs is 1. The van der Waals surface area contributed by atoms with Gasteiger partial charge in [-0.05, 0) is 49.2 Å². The third-order valence-corrected chi connectivity index (χ3v) is 5.35. The fraction of sp³-hybridized carbons (Fsp3) is 0.318. The van der Waals surface area contributed by atoms with Gasteiger partial charge < -0.3 is 20.5 Å². The largest absolute Gasteiger partial charge is 0.335 e. The van der Waals surface area contributed by atoms with E-state index in [1.165, 1.54) is 24.3 Å². The van der Waals surface area contributed by atoms with Crippen LogP contribution in [0, 0.1) is 5.82 Å². The van der Waals surface area contributed by atoms with E-state index in [1.807, 2.05) is 18.2 Å². The second-order valence-corrected chi connectivity index (χ2v) is 7.50. The maximum absolute atomic E-state index is 12.9. The number of benzene rings is 2. The summed E-state index contributed by atoms with van der Waals surface area (Å²) in [5.41, 5.74) is 1.17. The average molecular weight is 409 g/mol. The van der Waals surface area contributed by atoms with Crippen molar-refractivity contribution in [3.05, 3.63) is 70.5 Å². The average Bonchev–Trinajstić information content (AvgIpc) is 2.75. The van der Waals surface area contributed by atoms with E-state index in [4.69, 9.17) is 0 Å². The normalized spacial score (nSPS) is 15.2. The number of aromatic amines is 1. The molecular weight excluding hydrogens is 385 g/mol. The van der Waals surface area contributed by atoms with E-state index in [2.05, 4.69) is 25.5 Å². The molecule has 2 aromatic carbocycles. The second kappa shape index (κ2) is 9.04. The van der Waals surface area contributed by atoms with Crippen LogP contribution in [-0.2, 0) is 6.42 Å². The van der Waals surface area contributed by atoms with Gasteiger partial charge in [0.1, 0.15) is 11.6 Å². The van der Waals surface area contributed by atoms with E-state index in [-0.39, 0.29) is 23.4 Å². The van der Waals surface area contributed by atoms with Crippen molar-refractivity contribution in [3.63, 3.8) is 0 Å². The Morgan fingerprint density at radius 1 is 1.13 bits per heavy atom. The summed E-state index contributed by atoms with van der Waals surface area (Å²) in [6, 6.07) is 12.8. The Morgan fingerprint density at radius 2 is 1.87 bits per heavy atom. The van der Waals surface area contributed by atoms with Gasteiger partial charge in [-0.2, -0.15) is 0 Å². The first-order valence-corrected chi connectivity index (χ1v) is 10.1. The van der Waals surface area contributed by atoms with Crippen LogP contribution in [-0.4, -0.2) is 46.6 Å². The smallest absolute Gasteiger partial charge is 0.319 e. The number of likely N-dealkylation sites (tertiary alicyclic amines) is 1. The number of nitrogens with zero attached hydrogens (tertiary/aromatic N) is 2. The Kier molecular flexibility index (Phi) is 6.04. The number of hydrogen-bond donors (Lipinski definition) is 3. The maximum Gasteiger partial charge on any atom is 0.319 e. The summed E-state index contributed by atoms with van der Waals surface area (Å²) in [7, 11) is 0. The summed E-state index contributed by atoms with van der Waals surface area (Å²) in [5.74, 6) is 0.355. The highest BCUT2D eigenvalue weighted by Crippen LogP contribution is 2.13. The molecule has 0 bridgehead atoms. The number of urea groups is 1. The molecule has 1 aliphatic heterocycles. The first-order chi connectivity index (χ1) is 14.6. The number of carbonyl (C=O) groups excluding carboxylic acids is 1. The molecule has 156 valence electrons. The lowest BCUT2D eigenvalue weighted by atomic mass is 10.1. The summed E-state index contributed by atoms with van der Waals surface area (Å²) in [6.45, 7) is 2.52. The third-order valence-electron chi connectivity index (χ3n) is 5.35. The molecule has 2 amide bonds. The summed E-state index contributed by atoms with van der Waals surface area (Å²) in [6.07, 6.45) is 2.36. The van der Waals surface area contributed by atoms with Gasteiger partial charge in [-0.15, -0.1) is 0 Å². The van der Waals surface area contributed by atoms with Crippen molar-refractivity contribution in [1.29, 1.82) is 0 Å². The molecule has 1 fully saturated rings. The topological polar surface area (TPSA) is 90.1 Å². The van der Waals surface area contributed by atoms with Crippen molar-refractivity contribution >= 4 is 22.6 Å². The van der Waals surface area contributed by atoms with Crippen LogP contribution in [0.3, 0.4) is 0 Å². The number of anilines is 1. The van der Waals surface area contributed by atoms with Crippen molar-refractivity contribution in [1.82, 2.24) is 20.2 Å². The number of piperidine rings is 1. The molecule has 2 heterocycles. The number of hydrogen-bond acceptors (Lipinski definition) is 4. The molecule has 1 aliphatic rings. The van der Waals surface area contributed by atoms with Gasteiger partial charge in [0.15, 0.2) is 0 Å². The van der Waals surface area contributed by atoms with Crippen LogP contribution in [0.15, 0.2) is 53.3 Å². The lowest BCUT2D eigenvalue weighted by Gasteiger charge is -2.32. The minimum absolute atomic E-state index is 0.0975. The molecule has 0 aliphatic carbocycles. The first-order valence-electron chi connectivity index (χ1n) is 10.1. The Balaban J connectivity index is 1.23. The Morgan fingerprint density at radius 3 is 2.63 bits per heavy atom. The standard InChI is InChI=1S/C22H24FN5O2/c23-15-5-7-16(8-6-15)24-22(30)25-17-9-12-28(13-10-17)14-11-20-26-19-4-2-1-3-18(19)21(29)27-20/h1-8,17H,9-14H2,(H2,24,25,30)(H,26,27,29). The fourth-order valence-electron chi connectivity index (χ4n) is 3.70. The zero-order valence-electron chi connectivity index (χ0n) is 16.5. The van der Waals surface area contributed by atoms with E-state index >= 15 is 0 Å². The summed E-state index contributed by atoms with van der Waals surface area (Å²) in [4.78, 5) is 34.0. The van der Waals surface area contributed by atoms with Crippen LogP contribution in [0.5, 0.6) is 0 Å². The predicted octanol–water partition coefficient (Wildman–Crippen LogP) is 2.89. The maximum atomic E-state index is 12.9. The van der Waals surface area contributed by atoms with Gasteiger partial charge in [0, 0.05) is 37.8 Å². The van der Waals surface area contributed by atoms with E-state index < -0.39 is 0 Å². The molecule has 4 rings (SSSR count). The molecule has 7 nitrogen and oxygen atoms in total. The minimum Gasteiger partial charge on any atom is -0.335 e. The van der Waals surface area contributed by atoms with E-state index in [0.717, 1.165) is 32.5 Å². The van der Waals surface area contributed by atoms with Crippen LogP contribution in [0.4, 0.5) is 14.9 Å². The molecule has 3 aromatic rings. The summed E-state index contributed by atoms with van der Waals surface area (Å²) in [5, 5.41) is 6.30. The van der Waals surface area contributed by atoms with Gasteiger partial charge in [0.05, 0.1) is 10.9 Å². The monoisotopic (exact) mass is 409 g/mol. The number of para-hydroxylation sites is 1. The van der Waals surface area contributed by atoms with Crippen molar-refractivity contribution in [3.8, 4) is 0 Å². The van der Waals surface area contributed by atoms with Gasteiger partial charge in [-0.3, -0.25) is 4.79 Å². The van der Waals surface area contributed by atoms with Crippen LogP contribution in [0.1, 0.15) is 18.7 Å². The fourth-order valence-corrected chi connectivity index (χ4v) is 3.70. The molecule has 0 saturated carbocycles. The van der Waals surface area contributed by atoms with Gasteiger partial charge in [-0.25, -0.2) is 14.2 Å². The van der Waals surface area contributed by atoms with Crippen molar-refractivity contribution in [2.24, 2.45) is 0 Å². The van der Waals surface area contributed by atoms with E-state index in [0.29, 0.717) is 28.8 Å². The molecule has 0 spiro atoms.